The normalized spacial score (nSPS) is 23.7. The first-order chi connectivity index (χ1) is 24.4. The molecule has 0 spiro atoms. The van der Waals surface area contributed by atoms with Crippen LogP contribution >= 0.6 is 15.2 Å². The standard InChI is InChI=1S/C30H34F3N5O13P2/c1-11(34)26(40)36-27(41)12(2)38(29(44)51-30(3,52(45,46)47)53(48,49)50)23-15-6-13(7-16(15)23)22-20(33)9-17-24(39)18(28(42)43)10-37(25(17)35-22)21-5-4-14(31)8-19(21)32/h4-5,8-9,11-13,15-16,18,23H,6-7,10,34H2,1-3H3,(H,42,43)(H,36,40,41)(H2,45,46,47)(H2,48,49,50)/t11-,12?,13?,15-,16+,18?,23?/m0/s1. The Morgan fingerprint density at radius 3 is 2.11 bits per heavy atom. The van der Waals surface area contributed by atoms with Crippen LogP contribution in [0.2, 0.25) is 0 Å². The van der Waals surface area contributed by atoms with Crippen LogP contribution in [0.3, 0.4) is 0 Å². The van der Waals surface area contributed by atoms with Crippen molar-refractivity contribution in [2.45, 2.75) is 62.7 Å². The van der Waals surface area contributed by atoms with Crippen molar-refractivity contribution in [2.75, 3.05) is 11.4 Å². The number of carbonyl (C=O) groups excluding carboxylic acids is 4. The van der Waals surface area contributed by atoms with Gasteiger partial charge in [0.25, 0.3) is 0 Å². The minimum absolute atomic E-state index is 0.0137. The van der Waals surface area contributed by atoms with Crippen LogP contribution in [0.25, 0.3) is 0 Å². The van der Waals surface area contributed by atoms with Gasteiger partial charge in [0, 0.05) is 24.6 Å². The van der Waals surface area contributed by atoms with Gasteiger partial charge in [0.1, 0.15) is 35.2 Å². The van der Waals surface area contributed by atoms with Crippen LogP contribution in [-0.4, -0.2) is 94.0 Å². The number of aromatic nitrogens is 1. The van der Waals surface area contributed by atoms with Gasteiger partial charge in [-0.25, -0.2) is 22.9 Å². The van der Waals surface area contributed by atoms with Crippen LogP contribution in [0.5, 0.6) is 0 Å². The minimum atomic E-state index is -5.89. The number of fused-ring (bicyclic) bond motifs is 2. The average molecular weight is 792 g/mol. The first-order valence-corrected chi connectivity index (χ1v) is 19.0. The summed E-state index contributed by atoms with van der Waals surface area (Å²) in [4.78, 5) is 109. The smallest absolute Gasteiger partial charge is 0.412 e. The van der Waals surface area contributed by atoms with Gasteiger partial charge in [-0.3, -0.25) is 38.5 Å². The molecule has 2 aromatic rings. The molecule has 0 saturated heterocycles. The predicted octanol–water partition coefficient (Wildman–Crippen LogP) is 1.87. The van der Waals surface area contributed by atoms with E-state index in [-0.39, 0.29) is 30.0 Å². The van der Waals surface area contributed by atoms with E-state index in [1.54, 1.807) is 0 Å². The Balaban J connectivity index is 1.47. The minimum Gasteiger partial charge on any atom is -0.481 e. The Morgan fingerprint density at radius 2 is 1.60 bits per heavy atom. The number of benzene rings is 1. The maximum absolute atomic E-state index is 15.7. The van der Waals surface area contributed by atoms with E-state index in [0.717, 1.165) is 30.0 Å². The highest BCUT2D eigenvalue weighted by atomic mass is 31.2. The first kappa shape index (κ1) is 40.0. The number of ether oxygens (including phenoxy) is 1. The zero-order valence-electron chi connectivity index (χ0n) is 27.9. The molecular weight excluding hydrogens is 757 g/mol. The summed E-state index contributed by atoms with van der Waals surface area (Å²) in [6, 6.07) is -0.648. The monoisotopic (exact) mass is 791 g/mol. The van der Waals surface area contributed by atoms with E-state index in [9.17, 15) is 66.6 Å². The molecule has 53 heavy (non-hydrogen) atoms. The van der Waals surface area contributed by atoms with Crippen molar-refractivity contribution in [1.29, 1.82) is 0 Å². The zero-order chi connectivity index (χ0) is 39.7. The number of anilines is 2. The molecule has 23 heteroatoms. The SMILES string of the molecule is CC(C(=O)NC(=O)[C@H](C)N)N(C(=O)OC(C)(P(=O)(O)O)P(=O)(O)O)C1[C@H]2CC(c3nc4c(cc3F)C(=O)C(C(=O)O)CN4c3ccc(F)cc3F)C[C@@H]12. The lowest BCUT2D eigenvalue weighted by Gasteiger charge is -2.36. The zero-order valence-corrected chi connectivity index (χ0v) is 29.7. The molecule has 1 aromatic carbocycles. The average Bonchev–Trinajstić information content (AvgIpc) is 3.49. The third-order valence-electron chi connectivity index (χ3n) is 9.82. The molecule has 3 amide bonds. The van der Waals surface area contributed by atoms with Crippen LogP contribution in [0, 0.1) is 35.2 Å². The number of ketones is 1. The van der Waals surface area contributed by atoms with Gasteiger partial charge in [-0.05, 0) is 63.6 Å². The molecule has 2 heterocycles. The molecule has 7 atom stereocenters. The molecule has 4 unspecified atom stereocenters. The van der Waals surface area contributed by atoms with Gasteiger partial charge < -0.3 is 40.1 Å². The van der Waals surface area contributed by atoms with Gasteiger partial charge >= 0.3 is 32.3 Å². The van der Waals surface area contributed by atoms with Gasteiger partial charge in [0.15, 0.2) is 5.78 Å². The number of pyridine rings is 1. The third-order valence-corrected chi connectivity index (χ3v) is 13.7. The van der Waals surface area contributed by atoms with Crippen LogP contribution in [0.1, 0.15) is 55.6 Å². The summed E-state index contributed by atoms with van der Waals surface area (Å²) in [6.07, 6.45) is -1.70. The molecule has 2 aliphatic carbocycles. The molecular formula is C30H34F3N5O13P2. The summed E-state index contributed by atoms with van der Waals surface area (Å²) < 4.78 is 73.5. The second kappa shape index (κ2) is 13.9. The van der Waals surface area contributed by atoms with Crippen molar-refractivity contribution in [3.05, 3.63) is 53.0 Å². The van der Waals surface area contributed by atoms with Gasteiger partial charge in [0.2, 0.25) is 11.8 Å². The second-order valence-corrected chi connectivity index (χ2v) is 17.5. The highest BCUT2D eigenvalue weighted by Gasteiger charge is 2.65. The summed E-state index contributed by atoms with van der Waals surface area (Å²) in [5.74, 6) is -11.8. The number of halogens is 3. The van der Waals surface area contributed by atoms with E-state index in [0.29, 0.717) is 17.9 Å². The molecule has 0 radical (unpaired) electrons. The number of amides is 3. The van der Waals surface area contributed by atoms with E-state index in [1.165, 1.54) is 6.92 Å². The van der Waals surface area contributed by atoms with Crippen LogP contribution in [0.4, 0.5) is 29.5 Å². The van der Waals surface area contributed by atoms with Crippen LogP contribution in [0.15, 0.2) is 24.3 Å². The summed E-state index contributed by atoms with van der Waals surface area (Å²) in [5.41, 5.74) is 4.45. The number of Topliss-reactive ketones (excluding diaryl/α,β-unsaturated/α-hetero) is 1. The lowest BCUT2D eigenvalue weighted by atomic mass is 9.90. The number of carboxylic acids is 1. The lowest BCUT2D eigenvalue weighted by Crippen LogP contribution is -2.54. The number of nitrogens with one attached hydrogen (secondary N) is 1. The summed E-state index contributed by atoms with van der Waals surface area (Å²) in [5, 5.41) is 7.94. The van der Waals surface area contributed by atoms with Crippen molar-refractivity contribution in [1.82, 2.24) is 15.2 Å². The molecule has 0 bridgehead atoms. The van der Waals surface area contributed by atoms with Crippen molar-refractivity contribution in [2.24, 2.45) is 23.5 Å². The quantitative estimate of drug-likeness (QED) is 0.134. The van der Waals surface area contributed by atoms with Gasteiger partial charge in [0.05, 0.1) is 23.0 Å². The van der Waals surface area contributed by atoms with Crippen molar-refractivity contribution in [3.63, 3.8) is 0 Å². The molecule has 3 aliphatic rings. The number of nitrogens with zero attached hydrogens (tertiary/aromatic N) is 3. The van der Waals surface area contributed by atoms with E-state index in [2.05, 4.69) is 4.98 Å². The molecule has 5 rings (SSSR count). The number of carboxylic acid groups (broad SMARTS) is 1. The molecule has 1 aliphatic heterocycles. The van der Waals surface area contributed by atoms with Crippen LogP contribution in [-0.2, 0) is 28.3 Å². The number of hydrogen-bond acceptors (Lipinski definition) is 11. The fourth-order valence-electron chi connectivity index (χ4n) is 6.76. The number of hydrogen-bond donors (Lipinski definition) is 7. The van der Waals surface area contributed by atoms with Gasteiger partial charge in [-0.1, -0.05) is 0 Å². The third kappa shape index (κ3) is 7.22. The number of imide groups is 1. The Bertz CT molecular complexity index is 1980. The fourth-order valence-corrected chi connectivity index (χ4v) is 8.51. The van der Waals surface area contributed by atoms with Crippen molar-refractivity contribution in [3.8, 4) is 0 Å². The predicted molar refractivity (Wildman–Crippen MR) is 173 cm³/mol. The first-order valence-electron chi connectivity index (χ1n) is 15.8. The molecule has 2 fully saturated rings. The molecule has 2 saturated carbocycles. The van der Waals surface area contributed by atoms with E-state index in [1.807, 2.05) is 5.32 Å². The van der Waals surface area contributed by atoms with Crippen LogP contribution < -0.4 is 16.0 Å². The van der Waals surface area contributed by atoms with E-state index < -0.39 is 121 Å². The Labute approximate surface area is 297 Å². The number of nitrogens with two attached hydrogens (primary N) is 1. The van der Waals surface area contributed by atoms with Gasteiger partial charge in [-0.2, -0.15) is 0 Å². The van der Waals surface area contributed by atoms with Crippen molar-refractivity contribution < 1.29 is 75.7 Å². The maximum atomic E-state index is 15.7. The Morgan fingerprint density at radius 1 is 1.02 bits per heavy atom. The Kier molecular flexibility index (Phi) is 10.5. The highest BCUT2D eigenvalue weighted by molar-refractivity contribution is 7.72. The number of aliphatic carboxylic acids is 1. The Hall–Kier alpha value is -4.23. The summed E-state index contributed by atoms with van der Waals surface area (Å²) >= 11 is 0. The second-order valence-electron chi connectivity index (χ2n) is 13.3. The fraction of sp³-hybridized carbons (Fsp3) is 0.467. The number of carbonyl (C=O) groups is 5. The topological polar surface area (TPSA) is 287 Å². The maximum Gasteiger partial charge on any atom is 0.412 e. The van der Waals surface area contributed by atoms with E-state index in [4.69, 9.17) is 10.5 Å². The molecule has 1 aromatic heterocycles. The highest BCUT2D eigenvalue weighted by Crippen LogP contribution is 2.70. The molecule has 18 nitrogen and oxygen atoms in total. The van der Waals surface area contributed by atoms with Gasteiger partial charge in [-0.15, -0.1) is 0 Å². The molecule has 8 N–H and O–H groups in total. The summed E-state index contributed by atoms with van der Waals surface area (Å²) in [6.45, 7) is 2.05. The lowest BCUT2D eigenvalue weighted by molar-refractivity contribution is -0.140. The summed E-state index contributed by atoms with van der Waals surface area (Å²) in [7, 11) is -11.8. The van der Waals surface area contributed by atoms with Crippen molar-refractivity contribution >= 4 is 56.4 Å². The number of rotatable bonds is 10. The largest absolute Gasteiger partial charge is 0.481 e. The van der Waals surface area contributed by atoms with E-state index >= 15 is 4.39 Å². The molecule has 288 valence electrons.